The first kappa shape index (κ1) is 35.1. The van der Waals surface area contributed by atoms with Crippen LogP contribution in [0.15, 0.2) is 36.4 Å². The third-order valence-corrected chi connectivity index (χ3v) is 5.76. The van der Waals surface area contributed by atoms with Gasteiger partial charge in [-0.2, -0.15) is 26.3 Å². The molecule has 0 saturated heterocycles. The van der Waals surface area contributed by atoms with Crippen molar-refractivity contribution in [2.45, 2.75) is 65.1 Å². The molecule has 0 aliphatic carbocycles. The molecule has 0 heterocycles. The number of hydrogen-bond donors (Lipinski definition) is 5. The molecule has 15 heteroatoms. The average Bonchev–Trinajstić information content (AvgIpc) is 2.85. The second-order valence-electron chi connectivity index (χ2n) is 10.9. The molecule has 0 unspecified atom stereocenters. The Morgan fingerprint density at radius 2 is 1.53 bits per heavy atom. The van der Waals surface area contributed by atoms with Crippen LogP contribution in [-0.4, -0.2) is 54.5 Å². The van der Waals surface area contributed by atoms with Crippen LogP contribution in [0.1, 0.15) is 53.4 Å². The summed E-state index contributed by atoms with van der Waals surface area (Å²) < 4.78 is 77.7. The number of hydrogen-bond acceptors (Lipinski definition) is 5. The molecule has 0 saturated carbocycles. The number of benzene rings is 2. The molecule has 0 bridgehead atoms. The first-order valence-corrected chi connectivity index (χ1v) is 12.9. The largest absolute Gasteiger partial charge is 0.471 e. The molecule has 0 aliphatic rings. The van der Waals surface area contributed by atoms with Gasteiger partial charge in [0.2, 0.25) is 11.8 Å². The molecule has 0 fully saturated rings. The van der Waals surface area contributed by atoms with Crippen molar-refractivity contribution in [2.24, 2.45) is 0 Å². The van der Waals surface area contributed by atoms with Crippen molar-refractivity contribution in [1.82, 2.24) is 21.3 Å². The average molecular weight is 618 g/mol. The van der Waals surface area contributed by atoms with E-state index in [1.165, 1.54) is 5.32 Å². The Labute approximate surface area is 244 Å². The molecule has 4 amide bonds. The molecule has 0 radical (unpaired) electrons. The number of amides is 4. The first-order valence-electron chi connectivity index (χ1n) is 12.9. The fraction of sp³-hybridized carbons (Fsp3) is 0.429. The summed E-state index contributed by atoms with van der Waals surface area (Å²) in [5.41, 5.74) is -0.791. The quantitative estimate of drug-likeness (QED) is 0.260. The Kier molecular flexibility index (Phi) is 11.3. The molecular weight excluding hydrogens is 584 g/mol. The number of anilines is 1. The van der Waals surface area contributed by atoms with Crippen LogP contribution in [0.3, 0.4) is 0 Å². The molecule has 2 aromatic rings. The molecule has 2 rings (SSSR count). The molecule has 0 aromatic heterocycles. The minimum atomic E-state index is -5.39. The lowest BCUT2D eigenvalue weighted by Crippen LogP contribution is -2.56. The second-order valence-corrected chi connectivity index (χ2v) is 10.9. The molecule has 1 atom stereocenters. The van der Waals surface area contributed by atoms with Crippen molar-refractivity contribution >= 4 is 29.3 Å². The van der Waals surface area contributed by atoms with Gasteiger partial charge >= 0.3 is 18.3 Å². The molecule has 9 nitrogen and oxygen atoms in total. The molecule has 5 N–H and O–H groups in total. The number of rotatable bonds is 10. The number of alkyl halides is 6. The van der Waals surface area contributed by atoms with Gasteiger partial charge in [0.25, 0.3) is 5.91 Å². The maximum atomic E-state index is 13.3. The molecule has 236 valence electrons. The first-order chi connectivity index (χ1) is 19.7. The summed E-state index contributed by atoms with van der Waals surface area (Å²) in [6.07, 6.45) is -10.5. The lowest BCUT2D eigenvalue weighted by molar-refractivity contribution is -0.167. The number of halogens is 6. The maximum Gasteiger partial charge on any atom is 0.471 e. The summed E-state index contributed by atoms with van der Waals surface area (Å²) in [6, 6.07) is 5.92. The van der Waals surface area contributed by atoms with Crippen LogP contribution < -0.4 is 26.6 Å². The number of carbonyl (C=O) groups is 4. The van der Waals surface area contributed by atoms with Crippen molar-refractivity contribution < 1.29 is 45.5 Å². The number of nitrogens with one attached hydrogen (secondary N) is 5. The van der Waals surface area contributed by atoms with E-state index >= 15 is 0 Å². The van der Waals surface area contributed by atoms with Gasteiger partial charge in [0.05, 0.1) is 12.1 Å². The SMILES string of the molecule is Cc1ccc(CNC[C@H](NC(=O)CNC(=O)c2cc(NC(=O)C(F)(F)F)cc(C(F)(F)F)c2)C(=O)NC(C)(C)C)c(C)c1. The smallest absolute Gasteiger partial charge is 0.350 e. The van der Waals surface area contributed by atoms with Crippen molar-refractivity contribution in [3.63, 3.8) is 0 Å². The predicted octanol–water partition coefficient (Wildman–Crippen LogP) is 3.74. The van der Waals surface area contributed by atoms with Crippen LogP contribution in [0.25, 0.3) is 0 Å². The van der Waals surface area contributed by atoms with E-state index in [1.54, 1.807) is 20.8 Å². The summed E-state index contributed by atoms with van der Waals surface area (Å²) >= 11 is 0. The van der Waals surface area contributed by atoms with Gasteiger partial charge in [-0.05, 0) is 63.9 Å². The standard InChI is InChI=1S/C28H33F6N5O4/c1-15-6-7-17(16(2)8-15)12-35-13-21(24(42)39-26(3,4)5)38-22(40)14-36-23(41)18-9-19(27(29,30)31)11-20(10-18)37-25(43)28(32,33)34/h6-11,21,35H,12-14H2,1-5H3,(H,36,41)(H,37,43)(H,38,40)(H,39,42)/t21-/m0/s1. The van der Waals surface area contributed by atoms with Gasteiger partial charge in [-0.3, -0.25) is 19.2 Å². The van der Waals surface area contributed by atoms with E-state index in [4.69, 9.17) is 0 Å². The van der Waals surface area contributed by atoms with Gasteiger partial charge in [-0.1, -0.05) is 23.8 Å². The highest BCUT2D eigenvalue weighted by Crippen LogP contribution is 2.32. The van der Waals surface area contributed by atoms with Crippen LogP contribution in [0.2, 0.25) is 0 Å². The molecule has 0 spiro atoms. The zero-order chi connectivity index (χ0) is 32.8. The Hall–Kier alpha value is -4.14. The van der Waals surface area contributed by atoms with Crippen molar-refractivity contribution in [3.05, 3.63) is 64.2 Å². The van der Waals surface area contributed by atoms with Crippen molar-refractivity contribution in [1.29, 1.82) is 0 Å². The Balaban J connectivity index is 2.13. The Morgan fingerprint density at radius 3 is 2.09 bits per heavy atom. The lowest BCUT2D eigenvalue weighted by atomic mass is 10.1. The summed E-state index contributed by atoms with van der Waals surface area (Å²) in [4.78, 5) is 49.3. The van der Waals surface area contributed by atoms with Gasteiger partial charge in [0.15, 0.2) is 0 Å². The van der Waals surface area contributed by atoms with Crippen LogP contribution in [0.5, 0.6) is 0 Å². The fourth-order valence-electron chi connectivity index (χ4n) is 3.77. The zero-order valence-corrected chi connectivity index (χ0v) is 24.1. The molecule has 0 aliphatic heterocycles. The van der Waals surface area contributed by atoms with E-state index in [9.17, 15) is 45.5 Å². The summed E-state index contributed by atoms with van der Waals surface area (Å²) in [6.45, 7) is 8.65. The van der Waals surface area contributed by atoms with Crippen LogP contribution in [0.4, 0.5) is 32.0 Å². The van der Waals surface area contributed by atoms with E-state index in [-0.39, 0.29) is 12.6 Å². The molecule has 43 heavy (non-hydrogen) atoms. The number of carbonyl (C=O) groups excluding carboxylic acids is 4. The van der Waals surface area contributed by atoms with E-state index < -0.39 is 70.9 Å². The highest BCUT2D eigenvalue weighted by molar-refractivity contribution is 6.00. The minimum absolute atomic E-state index is 0.00912. The predicted molar refractivity (Wildman–Crippen MR) is 146 cm³/mol. The van der Waals surface area contributed by atoms with Gasteiger partial charge in [-0.25, -0.2) is 0 Å². The van der Waals surface area contributed by atoms with Crippen molar-refractivity contribution in [3.8, 4) is 0 Å². The maximum absolute atomic E-state index is 13.3. The monoisotopic (exact) mass is 617 g/mol. The molecular formula is C28H33F6N5O4. The van der Waals surface area contributed by atoms with Gasteiger partial charge in [0.1, 0.15) is 6.04 Å². The fourth-order valence-corrected chi connectivity index (χ4v) is 3.77. The van der Waals surface area contributed by atoms with Gasteiger partial charge in [-0.15, -0.1) is 0 Å². The van der Waals surface area contributed by atoms with Crippen LogP contribution in [0, 0.1) is 13.8 Å². The highest BCUT2D eigenvalue weighted by atomic mass is 19.4. The molecule has 2 aromatic carbocycles. The Bertz CT molecular complexity index is 1350. The van der Waals surface area contributed by atoms with Crippen LogP contribution >= 0.6 is 0 Å². The topological polar surface area (TPSA) is 128 Å². The third kappa shape index (κ3) is 11.6. The third-order valence-electron chi connectivity index (χ3n) is 5.76. The van der Waals surface area contributed by atoms with Crippen molar-refractivity contribution in [2.75, 3.05) is 18.4 Å². The summed E-state index contributed by atoms with van der Waals surface area (Å²) in [5, 5.41) is 11.6. The lowest BCUT2D eigenvalue weighted by Gasteiger charge is -2.26. The van der Waals surface area contributed by atoms with Gasteiger partial charge < -0.3 is 26.6 Å². The van der Waals surface area contributed by atoms with E-state index in [0.29, 0.717) is 18.7 Å². The second kappa shape index (κ2) is 13.9. The van der Waals surface area contributed by atoms with E-state index in [1.807, 2.05) is 32.0 Å². The van der Waals surface area contributed by atoms with Crippen LogP contribution in [-0.2, 0) is 27.1 Å². The normalized spacial score (nSPS) is 12.7. The number of aryl methyl sites for hydroxylation is 2. The minimum Gasteiger partial charge on any atom is -0.350 e. The van der Waals surface area contributed by atoms with E-state index in [0.717, 1.165) is 16.7 Å². The van der Waals surface area contributed by atoms with Gasteiger partial charge in [0, 0.05) is 29.9 Å². The zero-order valence-electron chi connectivity index (χ0n) is 24.1. The van der Waals surface area contributed by atoms with E-state index in [2.05, 4.69) is 21.3 Å². The summed E-state index contributed by atoms with van der Waals surface area (Å²) in [7, 11) is 0. The summed E-state index contributed by atoms with van der Waals surface area (Å²) in [5.74, 6) is -5.19. The highest BCUT2D eigenvalue weighted by Gasteiger charge is 2.39. The Morgan fingerprint density at radius 1 is 0.884 bits per heavy atom.